The van der Waals surface area contributed by atoms with E-state index in [0.717, 1.165) is 0 Å². The van der Waals surface area contributed by atoms with Gasteiger partial charge in [0.15, 0.2) is 5.78 Å². The molecule has 1 atom stereocenters. The Hall–Kier alpha value is -3.62. The molecule has 0 heterocycles. The number of hydrogen-bond donors (Lipinski definition) is 0. The minimum absolute atomic E-state index is 0.140. The lowest BCUT2D eigenvalue weighted by Gasteiger charge is -2.14. The number of carbonyl (C=O) groups excluding carboxylic acids is 2. The zero-order valence-electron chi connectivity index (χ0n) is 13.7. The Morgan fingerprint density at radius 2 is 1.38 bits per heavy atom. The molecule has 9 heteroatoms. The van der Waals surface area contributed by atoms with Crippen molar-refractivity contribution in [1.82, 2.24) is 0 Å². The van der Waals surface area contributed by atoms with Gasteiger partial charge in [-0.3, -0.25) is 29.8 Å². The molecule has 9 nitrogen and oxygen atoms in total. The van der Waals surface area contributed by atoms with Crippen molar-refractivity contribution in [2.24, 2.45) is 0 Å². The van der Waals surface area contributed by atoms with E-state index in [1.165, 1.54) is 55.6 Å². The lowest BCUT2D eigenvalue weighted by Crippen LogP contribution is -2.18. The van der Waals surface area contributed by atoms with Gasteiger partial charge in [-0.1, -0.05) is 12.1 Å². The SMILES string of the molecule is COC(=O)C(CC(=O)c1ccc([N+](=O)[O-])cc1)c1ccc([N+](=O)[O-])cc1. The van der Waals surface area contributed by atoms with Crippen LogP contribution in [0.4, 0.5) is 11.4 Å². The number of carbonyl (C=O) groups is 2. The van der Waals surface area contributed by atoms with Crippen LogP contribution in [0.3, 0.4) is 0 Å². The Bertz CT molecular complexity index is 844. The highest BCUT2D eigenvalue weighted by Gasteiger charge is 2.26. The molecule has 0 aliphatic carbocycles. The van der Waals surface area contributed by atoms with Crippen molar-refractivity contribution in [3.05, 3.63) is 79.9 Å². The molecular weight excluding hydrogens is 344 g/mol. The first-order valence-corrected chi connectivity index (χ1v) is 7.43. The Kier molecular flexibility index (Phi) is 5.74. The molecule has 0 aromatic heterocycles. The molecule has 0 N–H and O–H groups in total. The maximum absolute atomic E-state index is 12.4. The summed E-state index contributed by atoms with van der Waals surface area (Å²) in [7, 11) is 1.18. The second-order valence-corrected chi connectivity index (χ2v) is 5.36. The van der Waals surface area contributed by atoms with E-state index in [1.807, 2.05) is 0 Å². The standard InChI is InChI=1S/C17H14N2O7/c1-26-17(21)15(11-2-6-13(7-3-11)18(22)23)10-16(20)12-4-8-14(9-5-12)19(24)25/h2-9,15H,10H2,1H3. The number of esters is 1. The van der Waals surface area contributed by atoms with Crippen LogP contribution in [-0.4, -0.2) is 28.7 Å². The summed E-state index contributed by atoms with van der Waals surface area (Å²) in [5.41, 5.74) is 0.324. The molecule has 1 unspecified atom stereocenters. The maximum Gasteiger partial charge on any atom is 0.313 e. The summed E-state index contributed by atoms with van der Waals surface area (Å²) in [6.07, 6.45) is -0.234. The van der Waals surface area contributed by atoms with Crippen molar-refractivity contribution in [3.8, 4) is 0 Å². The molecule has 0 fully saturated rings. The van der Waals surface area contributed by atoms with Gasteiger partial charge in [0, 0.05) is 36.2 Å². The van der Waals surface area contributed by atoms with Gasteiger partial charge in [-0.15, -0.1) is 0 Å². The number of ketones is 1. The van der Waals surface area contributed by atoms with E-state index in [9.17, 15) is 29.8 Å². The Labute approximate surface area is 147 Å². The van der Waals surface area contributed by atoms with Gasteiger partial charge in [-0.2, -0.15) is 0 Å². The first kappa shape index (κ1) is 18.7. The fraction of sp³-hybridized carbons (Fsp3) is 0.176. The fourth-order valence-electron chi connectivity index (χ4n) is 2.38. The molecule has 0 saturated heterocycles. The lowest BCUT2D eigenvalue weighted by molar-refractivity contribution is -0.385. The van der Waals surface area contributed by atoms with E-state index >= 15 is 0 Å². The summed E-state index contributed by atoms with van der Waals surface area (Å²) in [4.78, 5) is 44.7. The van der Waals surface area contributed by atoms with Crippen molar-refractivity contribution >= 4 is 23.1 Å². The van der Waals surface area contributed by atoms with Gasteiger partial charge in [0.05, 0.1) is 22.9 Å². The zero-order valence-corrected chi connectivity index (χ0v) is 13.7. The van der Waals surface area contributed by atoms with Crippen molar-refractivity contribution in [2.75, 3.05) is 7.11 Å². The smallest absolute Gasteiger partial charge is 0.313 e. The highest BCUT2D eigenvalue weighted by atomic mass is 16.6. The van der Waals surface area contributed by atoms with Crippen molar-refractivity contribution in [3.63, 3.8) is 0 Å². The van der Waals surface area contributed by atoms with Gasteiger partial charge in [-0.25, -0.2) is 0 Å². The van der Waals surface area contributed by atoms with E-state index in [4.69, 9.17) is 4.74 Å². The van der Waals surface area contributed by atoms with Gasteiger partial charge in [-0.05, 0) is 17.7 Å². The van der Waals surface area contributed by atoms with Crippen molar-refractivity contribution in [1.29, 1.82) is 0 Å². The molecule has 2 aromatic rings. The summed E-state index contributed by atoms with van der Waals surface area (Å²) in [5, 5.41) is 21.4. The average Bonchev–Trinajstić information content (AvgIpc) is 2.65. The second-order valence-electron chi connectivity index (χ2n) is 5.36. The molecule has 134 valence electrons. The highest BCUT2D eigenvalue weighted by molar-refractivity contribution is 5.99. The third-order valence-electron chi connectivity index (χ3n) is 3.78. The third kappa shape index (κ3) is 4.26. The molecule has 2 rings (SSSR count). The van der Waals surface area contributed by atoms with Crippen LogP contribution in [0.5, 0.6) is 0 Å². The van der Waals surface area contributed by atoms with Gasteiger partial charge >= 0.3 is 5.97 Å². The zero-order chi connectivity index (χ0) is 19.3. The third-order valence-corrected chi connectivity index (χ3v) is 3.78. The van der Waals surface area contributed by atoms with Crippen LogP contribution in [0.1, 0.15) is 28.3 Å². The molecule has 2 aromatic carbocycles. The average molecular weight is 358 g/mol. The molecule has 0 saturated carbocycles. The maximum atomic E-state index is 12.4. The van der Waals surface area contributed by atoms with Gasteiger partial charge in [0.1, 0.15) is 0 Å². The number of non-ortho nitro benzene ring substituents is 2. The first-order chi connectivity index (χ1) is 12.3. The molecule has 0 spiro atoms. The van der Waals surface area contributed by atoms with Gasteiger partial charge < -0.3 is 4.74 Å². The molecule has 0 aliphatic heterocycles. The largest absolute Gasteiger partial charge is 0.469 e. The van der Waals surface area contributed by atoms with Gasteiger partial charge in [0.25, 0.3) is 11.4 Å². The Balaban J connectivity index is 2.24. The molecule has 0 bridgehead atoms. The topological polar surface area (TPSA) is 130 Å². The molecule has 26 heavy (non-hydrogen) atoms. The summed E-state index contributed by atoms with van der Waals surface area (Å²) < 4.78 is 4.72. The molecule has 0 radical (unpaired) electrons. The minimum Gasteiger partial charge on any atom is -0.469 e. The van der Waals surface area contributed by atoms with Crippen molar-refractivity contribution < 1.29 is 24.2 Å². The highest BCUT2D eigenvalue weighted by Crippen LogP contribution is 2.26. The number of hydrogen-bond acceptors (Lipinski definition) is 7. The summed E-state index contributed by atoms with van der Waals surface area (Å²) >= 11 is 0. The molecular formula is C17H14N2O7. The number of benzene rings is 2. The van der Waals surface area contributed by atoms with E-state index < -0.39 is 27.5 Å². The van der Waals surface area contributed by atoms with Crippen LogP contribution in [0.2, 0.25) is 0 Å². The van der Waals surface area contributed by atoms with E-state index in [1.54, 1.807) is 0 Å². The van der Waals surface area contributed by atoms with E-state index in [2.05, 4.69) is 0 Å². The van der Waals surface area contributed by atoms with Crippen LogP contribution in [0.15, 0.2) is 48.5 Å². The predicted octanol–water partition coefficient (Wildman–Crippen LogP) is 3.03. The predicted molar refractivity (Wildman–Crippen MR) is 89.9 cm³/mol. The number of methoxy groups -OCH3 is 1. The Morgan fingerprint density at radius 1 is 0.923 bits per heavy atom. The first-order valence-electron chi connectivity index (χ1n) is 7.43. The number of nitro benzene ring substituents is 2. The summed E-state index contributed by atoms with van der Waals surface area (Å²) in [6.45, 7) is 0. The normalized spacial score (nSPS) is 11.4. The number of nitrogens with zero attached hydrogens (tertiary/aromatic N) is 2. The minimum atomic E-state index is -0.941. The lowest BCUT2D eigenvalue weighted by atomic mass is 9.91. The van der Waals surface area contributed by atoms with Crippen molar-refractivity contribution in [2.45, 2.75) is 12.3 Å². The number of ether oxygens (including phenoxy) is 1. The molecule has 0 amide bonds. The number of rotatable bonds is 7. The van der Waals surface area contributed by atoms with Crippen LogP contribution < -0.4 is 0 Å². The quantitative estimate of drug-likeness (QED) is 0.322. The molecule has 0 aliphatic rings. The summed E-state index contributed by atoms with van der Waals surface area (Å²) in [6, 6.07) is 10.3. The van der Waals surface area contributed by atoms with Gasteiger partial charge in [0.2, 0.25) is 0 Å². The van der Waals surface area contributed by atoms with Crippen LogP contribution in [0.25, 0.3) is 0 Å². The summed E-state index contributed by atoms with van der Waals surface area (Å²) in [5.74, 6) is -2.01. The van der Waals surface area contributed by atoms with Crippen LogP contribution in [0, 0.1) is 20.2 Å². The van der Waals surface area contributed by atoms with E-state index in [0.29, 0.717) is 5.56 Å². The second kappa shape index (κ2) is 7.97. The fourth-order valence-corrected chi connectivity index (χ4v) is 2.38. The van der Waals surface area contributed by atoms with E-state index in [-0.39, 0.29) is 23.4 Å². The Morgan fingerprint density at radius 3 is 1.81 bits per heavy atom. The number of Topliss-reactive ketones (excluding diaryl/α,β-unsaturated/α-hetero) is 1. The van der Waals surface area contributed by atoms with Crippen LogP contribution >= 0.6 is 0 Å². The monoisotopic (exact) mass is 358 g/mol. The number of nitro groups is 2. The van der Waals surface area contributed by atoms with Crippen LogP contribution in [-0.2, 0) is 9.53 Å².